The largest absolute Gasteiger partial charge is 3.00 e. The molecule has 6 unspecified atom stereocenters. The summed E-state index contributed by atoms with van der Waals surface area (Å²) >= 11 is -33.6. The van der Waals surface area contributed by atoms with Crippen molar-refractivity contribution in [2.75, 3.05) is 0 Å². The van der Waals surface area contributed by atoms with Crippen LogP contribution in [0.5, 0.6) is 0 Å². The summed E-state index contributed by atoms with van der Waals surface area (Å²) in [6, 6.07) is 0. The predicted molar refractivity (Wildman–Crippen MR) is 76.0 cm³/mol. The molecule has 32 heteroatoms. The van der Waals surface area contributed by atoms with E-state index in [1.54, 1.807) is 0 Å². The van der Waals surface area contributed by atoms with E-state index in [2.05, 4.69) is 17.4 Å². The summed E-state index contributed by atoms with van der Waals surface area (Å²) < 4.78 is 167. The van der Waals surface area contributed by atoms with Gasteiger partial charge in [-0.3, -0.25) is 0 Å². The van der Waals surface area contributed by atoms with E-state index < -0.39 is 130 Å². The maximum Gasteiger partial charge on any atom is 3.00 e. The predicted octanol–water partition coefficient (Wildman–Crippen LogP) is -12.8. The molecular weight excluding hydrogens is 1100 g/mol. The third-order valence-electron chi connectivity index (χ3n) is 0.667. The monoisotopic (exact) mass is 1110 g/mol. The van der Waals surface area contributed by atoms with Gasteiger partial charge in [0.25, 0.3) is 0 Å². The molecule has 0 heterocycles. The van der Waals surface area contributed by atoms with Crippen molar-refractivity contribution in [1.29, 1.82) is 0 Å². The summed E-state index contributed by atoms with van der Waals surface area (Å²) in [6.07, 6.45) is 0. The van der Waals surface area contributed by atoms with E-state index >= 15 is 0 Å². The Morgan fingerprint density at radius 2 is 0.406 bits per heavy atom. The van der Waals surface area contributed by atoms with Crippen LogP contribution >= 0.6 is 0 Å². The second-order valence-electron chi connectivity index (χ2n) is 2.25. The molecule has 0 saturated carbocycles. The first-order valence-electron chi connectivity index (χ1n) is 4.50. The molecule has 0 aromatic carbocycles. The third kappa shape index (κ3) is 46.8. The second kappa shape index (κ2) is 29.0. The number of hydrogen-bond acceptors (Lipinski definition) is 21. The standard InChI is InChI=1S/2Al.3H2O7Se3/c;;3*1-8(2)6-10(5)7-9(3)4/h;;3*(H,1,2)(H,3,4)/q2*+3;;;/p-6. The molecule has 0 saturated heterocycles. The van der Waals surface area contributed by atoms with E-state index in [1.807, 2.05) is 0 Å². The molecule has 0 amide bonds. The van der Waals surface area contributed by atoms with E-state index in [9.17, 15) is 59.6 Å². The Bertz CT molecular complexity index is 561. The molecule has 0 spiro atoms. The fourth-order valence-electron chi connectivity index (χ4n) is 0.306. The second-order valence-corrected chi connectivity index (χ2v) is 20.6. The molecule has 0 fully saturated rings. The van der Waals surface area contributed by atoms with Crippen LogP contribution in [-0.4, -0.2) is 165 Å². The van der Waals surface area contributed by atoms with Gasteiger partial charge in [-0.25, -0.2) is 0 Å². The molecule has 0 aromatic rings. The van der Waals surface area contributed by atoms with E-state index in [4.69, 9.17) is 0 Å². The van der Waals surface area contributed by atoms with Gasteiger partial charge < -0.3 is 0 Å². The summed E-state index contributed by atoms with van der Waals surface area (Å²) in [5, 5.41) is 0. The van der Waals surface area contributed by atoms with Gasteiger partial charge in [0.05, 0.1) is 0 Å². The van der Waals surface area contributed by atoms with Crippen LogP contribution in [0.2, 0.25) is 0 Å². The quantitative estimate of drug-likeness (QED) is 0.164. The molecule has 0 radical (unpaired) electrons. The van der Waals surface area contributed by atoms with Crippen LogP contribution in [-0.2, 0) is 51.9 Å². The van der Waals surface area contributed by atoms with Crippen molar-refractivity contribution in [3.05, 3.63) is 0 Å². The molecule has 6 atom stereocenters. The normalized spacial score (nSPS) is 18.6. The molecule has 0 aliphatic heterocycles. The SMILES string of the molecule is O=[Se]([O-])O[Se](=O)O[Se](=O)[O-].O=[Se]([O-])O[Se](=O)O[Se](=O)[O-].O=[Se]([O-])O[Se](=O)O[Se](=O)[O-].[Al+3].[Al+3]. The van der Waals surface area contributed by atoms with Gasteiger partial charge in [0, 0.05) is 0 Å². The van der Waals surface area contributed by atoms with Crippen molar-refractivity contribution in [3.63, 3.8) is 0 Å². The molecule has 32 heavy (non-hydrogen) atoms. The van der Waals surface area contributed by atoms with Crippen LogP contribution < -0.4 is 25.1 Å². The minimum atomic E-state index is -3.81. The summed E-state index contributed by atoms with van der Waals surface area (Å²) in [7, 11) is 0. The Kier molecular flexibility index (Phi) is 41.2. The summed E-state index contributed by atoms with van der Waals surface area (Å²) in [6.45, 7) is 0. The van der Waals surface area contributed by atoms with E-state index in [0.29, 0.717) is 0 Å². The van der Waals surface area contributed by atoms with Crippen LogP contribution in [0, 0.1) is 0 Å². The minimum Gasteiger partial charge on any atom is 3.00 e. The Balaban J connectivity index is -0.000000110. The van der Waals surface area contributed by atoms with Gasteiger partial charge in [0.2, 0.25) is 0 Å². The average Bonchev–Trinajstić information content (AvgIpc) is 2.42. The van der Waals surface area contributed by atoms with Crippen LogP contribution in [0.4, 0.5) is 0 Å². The molecule has 0 rings (SSSR count). The Morgan fingerprint density at radius 1 is 0.312 bits per heavy atom. The van der Waals surface area contributed by atoms with Gasteiger partial charge in [-0.1, -0.05) is 0 Å². The van der Waals surface area contributed by atoms with Crippen molar-refractivity contribution in [3.8, 4) is 0 Å². The minimum absolute atomic E-state index is 0. The van der Waals surface area contributed by atoms with E-state index in [0.717, 1.165) is 0 Å². The van der Waals surface area contributed by atoms with Gasteiger partial charge >= 0.3 is 242 Å². The van der Waals surface area contributed by atoms with Gasteiger partial charge in [0.15, 0.2) is 0 Å². The topological polar surface area (TPSA) is 347 Å². The molecule has 0 aromatic heterocycles. The van der Waals surface area contributed by atoms with Gasteiger partial charge in [-0.2, -0.15) is 0 Å². The van der Waals surface area contributed by atoms with E-state index in [1.165, 1.54) is 0 Å². The van der Waals surface area contributed by atoms with Crippen LogP contribution in [0.15, 0.2) is 0 Å². The van der Waals surface area contributed by atoms with Crippen LogP contribution in [0.25, 0.3) is 0 Å². The Morgan fingerprint density at radius 3 is 0.469 bits per heavy atom. The van der Waals surface area contributed by atoms with Crippen molar-refractivity contribution < 1.29 is 77.1 Å². The first-order chi connectivity index (χ1) is 13.6. The maximum atomic E-state index is 10.1. The first-order valence-corrected chi connectivity index (χ1v) is 23.4. The van der Waals surface area contributed by atoms with Crippen LogP contribution in [0.3, 0.4) is 0 Å². The summed E-state index contributed by atoms with van der Waals surface area (Å²) in [5.41, 5.74) is 0. The Hall–Kier alpha value is 3.46. The number of rotatable bonds is 12. The fourth-order valence-corrected chi connectivity index (χ4v) is 12.1. The smallest absolute Gasteiger partial charge is 3.00 e. The van der Waals surface area contributed by atoms with Gasteiger partial charge in [0.1, 0.15) is 0 Å². The van der Waals surface area contributed by atoms with Crippen molar-refractivity contribution >= 4 is 165 Å². The molecular formula is Al2O21Se9. The van der Waals surface area contributed by atoms with Gasteiger partial charge in [-0.05, 0) is 0 Å². The zero-order valence-corrected chi connectivity index (χ0v) is 31.1. The van der Waals surface area contributed by atoms with Crippen molar-refractivity contribution in [1.82, 2.24) is 0 Å². The summed E-state index contributed by atoms with van der Waals surface area (Å²) in [4.78, 5) is 0. The molecule has 0 bridgehead atoms. The first kappa shape index (κ1) is 45.4. The number of hydrogen-bond donors (Lipinski definition) is 0. The molecule has 0 aliphatic rings. The molecule has 0 aliphatic carbocycles. The Labute approximate surface area is 238 Å². The van der Waals surface area contributed by atoms with Crippen molar-refractivity contribution in [2.45, 2.75) is 0 Å². The molecule has 186 valence electrons. The van der Waals surface area contributed by atoms with Crippen LogP contribution in [0.1, 0.15) is 0 Å². The average molecular weight is 1100 g/mol. The molecule has 0 N–H and O–H groups in total. The van der Waals surface area contributed by atoms with E-state index in [-0.39, 0.29) is 34.7 Å². The zero-order chi connectivity index (χ0) is 24.4. The maximum absolute atomic E-state index is 10.1. The third-order valence-corrected chi connectivity index (χ3v) is 18.0. The summed E-state index contributed by atoms with van der Waals surface area (Å²) in [5.74, 6) is 0. The fraction of sp³-hybridized carbons (Fsp3) is 0. The van der Waals surface area contributed by atoms with Gasteiger partial charge in [-0.15, -0.1) is 0 Å². The van der Waals surface area contributed by atoms with Crippen molar-refractivity contribution in [2.24, 2.45) is 0 Å². The molecule has 21 nitrogen and oxygen atoms in total. The zero-order valence-electron chi connectivity index (χ0n) is 13.4.